The molecule has 0 aliphatic carbocycles. The lowest BCUT2D eigenvalue weighted by Crippen LogP contribution is -2.33. The van der Waals surface area contributed by atoms with Crippen LogP contribution in [0.2, 0.25) is 0 Å². The molecule has 5 heteroatoms. The molecule has 1 amide bonds. The van der Waals surface area contributed by atoms with E-state index in [4.69, 9.17) is 5.73 Å². The van der Waals surface area contributed by atoms with Crippen LogP contribution in [-0.2, 0) is 4.79 Å². The smallest absolute Gasteiger partial charge is 0.249 e. The lowest BCUT2D eigenvalue weighted by atomic mass is 10.0. The van der Waals surface area contributed by atoms with E-state index in [-0.39, 0.29) is 0 Å². The summed E-state index contributed by atoms with van der Waals surface area (Å²) in [6.45, 7) is 0. The number of benzene rings is 2. The number of nitrogens with two attached hydrogens (primary N) is 1. The van der Waals surface area contributed by atoms with Gasteiger partial charge in [0.25, 0.3) is 0 Å². The topological polar surface area (TPSA) is 95.6 Å². The first-order chi connectivity index (χ1) is 9.58. The summed E-state index contributed by atoms with van der Waals surface area (Å²) in [5.74, 6) is -0.959. The molecule has 5 N–H and O–H groups in total. The third-order valence-electron chi connectivity index (χ3n) is 2.88. The molecular weight excluding hydrogens is 256 g/mol. The molecule has 0 saturated carbocycles. The molecule has 0 heterocycles. The van der Waals surface area contributed by atoms with Crippen molar-refractivity contribution in [2.24, 2.45) is 5.73 Å². The van der Waals surface area contributed by atoms with Gasteiger partial charge in [-0.2, -0.15) is 0 Å². The van der Waals surface area contributed by atoms with Crippen molar-refractivity contribution in [3.63, 3.8) is 0 Å². The number of primary amides is 1. The van der Waals surface area contributed by atoms with Gasteiger partial charge in [-0.3, -0.25) is 4.79 Å². The van der Waals surface area contributed by atoms with E-state index in [0.717, 1.165) is 11.4 Å². The summed E-state index contributed by atoms with van der Waals surface area (Å²) in [4.78, 5) is 10.9. The maximum absolute atomic E-state index is 10.9. The standard InChI is InChI=1S/C15H16N2O3/c16-15(20)14(19)13(18)10-5-4-8-12(9-10)17-11-6-2-1-3-7-11/h1-9,13-14,17-19H,(H2,16,20). The summed E-state index contributed by atoms with van der Waals surface area (Å²) >= 11 is 0. The van der Waals surface area contributed by atoms with Crippen LogP contribution in [0, 0.1) is 0 Å². The van der Waals surface area contributed by atoms with E-state index in [9.17, 15) is 15.0 Å². The van der Waals surface area contributed by atoms with Crippen LogP contribution >= 0.6 is 0 Å². The highest BCUT2D eigenvalue weighted by Gasteiger charge is 2.23. The SMILES string of the molecule is NC(=O)C(O)C(O)c1cccc(Nc2ccccc2)c1. The molecule has 2 atom stereocenters. The predicted octanol–water partition coefficient (Wildman–Crippen LogP) is 1.31. The van der Waals surface area contributed by atoms with E-state index >= 15 is 0 Å². The Balaban J connectivity index is 2.18. The van der Waals surface area contributed by atoms with E-state index in [1.54, 1.807) is 18.2 Å². The molecule has 20 heavy (non-hydrogen) atoms. The fourth-order valence-electron chi connectivity index (χ4n) is 1.83. The second-order valence-corrected chi connectivity index (χ2v) is 4.41. The van der Waals surface area contributed by atoms with Crippen LogP contribution in [0.5, 0.6) is 0 Å². The Morgan fingerprint density at radius 2 is 1.65 bits per heavy atom. The van der Waals surface area contributed by atoms with Crippen LogP contribution in [0.15, 0.2) is 54.6 Å². The van der Waals surface area contributed by atoms with E-state index in [1.165, 1.54) is 0 Å². The van der Waals surface area contributed by atoms with Crippen molar-refractivity contribution in [1.82, 2.24) is 0 Å². The average Bonchev–Trinajstić information content (AvgIpc) is 2.47. The van der Waals surface area contributed by atoms with Gasteiger partial charge in [0.2, 0.25) is 5.91 Å². The molecule has 0 radical (unpaired) electrons. The molecule has 0 saturated heterocycles. The van der Waals surface area contributed by atoms with Crippen LogP contribution in [0.25, 0.3) is 0 Å². The number of nitrogens with one attached hydrogen (secondary N) is 1. The Morgan fingerprint density at radius 3 is 2.30 bits per heavy atom. The van der Waals surface area contributed by atoms with E-state index < -0.39 is 18.1 Å². The third-order valence-corrected chi connectivity index (χ3v) is 2.88. The highest BCUT2D eigenvalue weighted by molar-refractivity contribution is 5.79. The van der Waals surface area contributed by atoms with E-state index in [1.807, 2.05) is 36.4 Å². The largest absolute Gasteiger partial charge is 0.385 e. The number of anilines is 2. The zero-order valence-corrected chi connectivity index (χ0v) is 10.7. The zero-order chi connectivity index (χ0) is 14.5. The molecule has 0 fully saturated rings. The fourth-order valence-corrected chi connectivity index (χ4v) is 1.83. The number of hydrogen-bond donors (Lipinski definition) is 4. The van der Waals surface area contributed by atoms with Gasteiger partial charge in [0.1, 0.15) is 6.10 Å². The number of hydrogen-bond acceptors (Lipinski definition) is 4. The molecule has 2 aromatic rings. The summed E-state index contributed by atoms with van der Waals surface area (Å²) in [5.41, 5.74) is 7.02. The lowest BCUT2D eigenvalue weighted by Gasteiger charge is -2.16. The van der Waals surface area contributed by atoms with Crippen LogP contribution in [0.3, 0.4) is 0 Å². The first-order valence-electron chi connectivity index (χ1n) is 6.15. The van der Waals surface area contributed by atoms with Crippen molar-refractivity contribution in [1.29, 1.82) is 0 Å². The number of carbonyl (C=O) groups is 1. The highest BCUT2D eigenvalue weighted by atomic mass is 16.3. The van der Waals surface area contributed by atoms with Gasteiger partial charge in [-0.15, -0.1) is 0 Å². The third kappa shape index (κ3) is 3.34. The quantitative estimate of drug-likeness (QED) is 0.660. The molecule has 0 bridgehead atoms. The highest BCUT2D eigenvalue weighted by Crippen LogP contribution is 2.22. The minimum Gasteiger partial charge on any atom is -0.385 e. The molecule has 2 unspecified atom stereocenters. The van der Waals surface area contributed by atoms with Crippen LogP contribution in [-0.4, -0.2) is 22.2 Å². The molecule has 0 aliphatic heterocycles. The summed E-state index contributed by atoms with van der Waals surface area (Å²) in [6.07, 6.45) is -2.97. The second-order valence-electron chi connectivity index (χ2n) is 4.41. The Bertz CT molecular complexity index is 587. The average molecular weight is 272 g/mol. The van der Waals surface area contributed by atoms with Gasteiger partial charge in [0, 0.05) is 11.4 Å². The van der Waals surface area contributed by atoms with Crippen molar-refractivity contribution in [3.05, 3.63) is 60.2 Å². The fraction of sp³-hybridized carbons (Fsp3) is 0.133. The van der Waals surface area contributed by atoms with E-state index in [0.29, 0.717) is 5.56 Å². The monoisotopic (exact) mass is 272 g/mol. The number of rotatable bonds is 5. The van der Waals surface area contributed by atoms with Crippen molar-refractivity contribution >= 4 is 17.3 Å². The number of para-hydroxylation sites is 1. The van der Waals surface area contributed by atoms with Gasteiger partial charge in [-0.1, -0.05) is 30.3 Å². The zero-order valence-electron chi connectivity index (χ0n) is 10.7. The maximum atomic E-state index is 10.9. The van der Waals surface area contributed by atoms with Gasteiger partial charge >= 0.3 is 0 Å². The van der Waals surface area contributed by atoms with Gasteiger partial charge in [0.15, 0.2) is 6.10 Å². The number of carbonyl (C=O) groups excluding carboxylic acids is 1. The van der Waals surface area contributed by atoms with Crippen LogP contribution in [0.1, 0.15) is 11.7 Å². The normalized spacial score (nSPS) is 13.5. The van der Waals surface area contributed by atoms with Crippen molar-refractivity contribution in [3.8, 4) is 0 Å². The predicted molar refractivity (Wildman–Crippen MR) is 76.3 cm³/mol. The second kappa shape index (κ2) is 6.18. The number of aliphatic hydroxyl groups excluding tert-OH is 2. The van der Waals surface area contributed by atoms with Crippen LogP contribution < -0.4 is 11.1 Å². The molecule has 0 spiro atoms. The van der Waals surface area contributed by atoms with E-state index in [2.05, 4.69) is 5.32 Å². The van der Waals surface area contributed by atoms with Crippen molar-refractivity contribution < 1.29 is 15.0 Å². The Labute approximate surface area is 116 Å². The summed E-state index contributed by atoms with van der Waals surface area (Å²) < 4.78 is 0. The molecule has 104 valence electrons. The van der Waals surface area contributed by atoms with Gasteiger partial charge < -0.3 is 21.3 Å². The summed E-state index contributed by atoms with van der Waals surface area (Å²) in [6, 6.07) is 16.3. The maximum Gasteiger partial charge on any atom is 0.249 e. The minimum absolute atomic E-state index is 0.414. The molecule has 5 nitrogen and oxygen atoms in total. The first-order valence-corrected chi connectivity index (χ1v) is 6.15. The molecule has 2 rings (SSSR count). The molecule has 0 aliphatic rings. The van der Waals surface area contributed by atoms with Crippen LogP contribution in [0.4, 0.5) is 11.4 Å². The van der Waals surface area contributed by atoms with Gasteiger partial charge in [-0.05, 0) is 29.8 Å². The Morgan fingerprint density at radius 1 is 1.00 bits per heavy atom. The molecule has 2 aromatic carbocycles. The molecular formula is C15H16N2O3. The Hall–Kier alpha value is -2.37. The van der Waals surface area contributed by atoms with Crippen molar-refractivity contribution in [2.45, 2.75) is 12.2 Å². The minimum atomic E-state index is -1.62. The van der Waals surface area contributed by atoms with Gasteiger partial charge in [0.05, 0.1) is 0 Å². The van der Waals surface area contributed by atoms with Gasteiger partial charge in [-0.25, -0.2) is 0 Å². The summed E-state index contributed by atoms with van der Waals surface area (Å²) in [7, 11) is 0. The molecule has 0 aromatic heterocycles. The Kier molecular flexibility index (Phi) is 4.34. The number of aliphatic hydroxyl groups is 2. The first kappa shape index (κ1) is 14.0. The lowest BCUT2D eigenvalue weighted by molar-refractivity contribution is -0.131. The number of amides is 1. The summed E-state index contributed by atoms with van der Waals surface area (Å²) in [5, 5.41) is 22.5. The van der Waals surface area contributed by atoms with Crippen molar-refractivity contribution in [2.75, 3.05) is 5.32 Å².